The molecule has 4 heteroatoms. The third-order valence-corrected chi connectivity index (χ3v) is 3.30. The fraction of sp³-hybridized carbons (Fsp3) is 0.500. The van der Waals surface area contributed by atoms with Crippen LogP contribution in [0.2, 0.25) is 0 Å². The molecule has 0 aliphatic carbocycles. The summed E-state index contributed by atoms with van der Waals surface area (Å²) in [5, 5.41) is 8.98. The lowest BCUT2D eigenvalue weighted by Gasteiger charge is -2.33. The summed E-state index contributed by atoms with van der Waals surface area (Å²) in [4.78, 5) is 13.2. The number of hydrogen-bond acceptors (Lipinski definition) is 3. The Kier molecular flexibility index (Phi) is 4.20. The Balaban J connectivity index is 2.01. The highest BCUT2D eigenvalue weighted by Gasteiger charge is 2.19. The molecule has 0 aromatic heterocycles. The maximum Gasteiger partial charge on any atom is 0.335 e. The molecule has 18 heavy (non-hydrogen) atoms. The van der Waals surface area contributed by atoms with E-state index in [0.717, 1.165) is 38.2 Å². The minimum Gasteiger partial charge on any atom is -0.478 e. The molecule has 1 heterocycles. The molecular weight excluding hydrogens is 230 g/mol. The SMILES string of the molecule is CCOC1CCN(c2cccc(C(=O)O)c2)CC1. The standard InChI is InChI=1S/C14H19NO3/c1-2-18-13-6-8-15(9-7-13)12-5-3-4-11(10-12)14(16)17/h3-5,10,13H,2,6-9H2,1H3,(H,16,17). The van der Waals surface area contributed by atoms with E-state index in [2.05, 4.69) is 4.90 Å². The van der Waals surface area contributed by atoms with Crippen LogP contribution in [0.25, 0.3) is 0 Å². The molecule has 1 aromatic rings. The highest BCUT2D eigenvalue weighted by atomic mass is 16.5. The van der Waals surface area contributed by atoms with E-state index in [9.17, 15) is 4.79 Å². The van der Waals surface area contributed by atoms with Crippen LogP contribution in [0.4, 0.5) is 5.69 Å². The number of anilines is 1. The molecule has 1 aromatic carbocycles. The number of nitrogens with zero attached hydrogens (tertiary/aromatic N) is 1. The molecule has 1 N–H and O–H groups in total. The van der Waals surface area contributed by atoms with Crippen LogP contribution in [0.5, 0.6) is 0 Å². The second kappa shape index (κ2) is 5.87. The molecule has 0 unspecified atom stereocenters. The first kappa shape index (κ1) is 12.9. The van der Waals surface area contributed by atoms with Crippen molar-refractivity contribution < 1.29 is 14.6 Å². The molecule has 0 amide bonds. The largest absolute Gasteiger partial charge is 0.478 e. The molecule has 0 radical (unpaired) electrons. The molecule has 0 bridgehead atoms. The lowest BCUT2D eigenvalue weighted by molar-refractivity contribution is 0.0459. The number of carbonyl (C=O) groups is 1. The summed E-state index contributed by atoms with van der Waals surface area (Å²) in [6.45, 7) is 4.63. The van der Waals surface area contributed by atoms with Gasteiger partial charge >= 0.3 is 5.97 Å². The molecule has 1 saturated heterocycles. The summed E-state index contributed by atoms with van der Waals surface area (Å²) < 4.78 is 5.61. The van der Waals surface area contributed by atoms with Gasteiger partial charge in [0.1, 0.15) is 0 Å². The molecule has 1 aliphatic heterocycles. The summed E-state index contributed by atoms with van der Waals surface area (Å²) in [6, 6.07) is 7.13. The highest BCUT2D eigenvalue weighted by Crippen LogP contribution is 2.22. The van der Waals surface area contributed by atoms with Gasteiger partial charge in [0.15, 0.2) is 0 Å². The zero-order valence-corrected chi connectivity index (χ0v) is 10.6. The zero-order chi connectivity index (χ0) is 13.0. The Labute approximate surface area is 107 Å². The van der Waals surface area contributed by atoms with Gasteiger partial charge < -0.3 is 14.7 Å². The van der Waals surface area contributed by atoms with E-state index >= 15 is 0 Å². The summed E-state index contributed by atoms with van der Waals surface area (Å²) in [5.41, 5.74) is 1.34. The molecule has 0 spiro atoms. The van der Waals surface area contributed by atoms with Gasteiger partial charge in [-0.2, -0.15) is 0 Å². The fourth-order valence-corrected chi connectivity index (χ4v) is 2.35. The highest BCUT2D eigenvalue weighted by molar-refractivity contribution is 5.88. The van der Waals surface area contributed by atoms with Gasteiger partial charge in [0.25, 0.3) is 0 Å². The van der Waals surface area contributed by atoms with E-state index in [1.807, 2.05) is 13.0 Å². The van der Waals surface area contributed by atoms with E-state index in [0.29, 0.717) is 11.7 Å². The smallest absolute Gasteiger partial charge is 0.335 e. The van der Waals surface area contributed by atoms with Gasteiger partial charge in [-0.05, 0) is 38.0 Å². The van der Waals surface area contributed by atoms with Crippen molar-refractivity contribution in [3.63, 3.8) is 0 Å². The van der Waals surface area contributed by atoms with Crippen molar-refractivity contribution in [2.24, 2.45) is 0 Å². The van der Waals surface area contributed by atoms with Crippen molar-refractivity contribution in [3.05, 3.63) is 29.8 Å². The van der Waals surface area contributed by atoms with Gasteiger partial charge in [0.2, 0.25) is 0 Å². The van der Waals surface area contributed by atoms with E-state index in [1.54, 1.807) is 18.2 Å². The number of hydrogen-bond donors (Lipinski definition) is 1. The average molecular weight is 249 g/mol. The fourth-order valence-electron chi connectivity index (χ4n) is 2.35. The van der Waals surface area contributed by atoms with E-state index < -0.39 is 5.97 Å². The van der Waals surface area contributed by atoms with E-state index in [1.165, 1.54) is 0 Å². The van der Waals surface area contributed by atoms with Gasteiger partial charge in [-0.1, -0.05) is 6.07 Å². The Morgan fingerprint density at radius 2 is 2.17 bits per heavy atom. The molecular formula is C14H19NO3. The van der Waals surface area contributed by atoms with Crippen molar-refractivity contribution in [2.75, 3.05) is 24.6 Å². The molecule has 98 valence electrons. The van der Waals surface area contributed by atoms with Crippen molar-refractivity contribution in [2.45, 2.75) is 25.9 Å². The first-order valence-corrected chi connectivity index (χ1v) is 6.40. The topological polar surface area (TPSA) is 49.8 Å². The number of aromatic carboxylic acids is 1. The number of piperidine rings is 1. The van der Waals surface area contributed by atoms with Gasteiger partial charge in [0.05, 0.1) is 11.7 Å². The van der Waals surface area contributed by atoms with E-state index in [-0.39, 0.29) is 0 Å². The normalized spacial score (nSPS) is 16.8. The van der Waals surface area contributed by atoms with Gasteiger partial charge in [0, 0.05) is 25.4 Å². The Bertz CT molecular complexity index is 411. The third kappa shape index (κ3) is 3.01. The number of carboxylic acid groups (broad SMARTS) is 1. The van der Waals surface area contributed by atoms with Gasteiger partial charge in [-0.25, -0.2) is 4.79 Å². The molecule has 1 fully saturated rings. The zero-order valence-electron chi connectivity index (χ0n) is 10.6. The molecule has 4 nitrogen and oxygen atoms in total. The van der Waals surface area contributed by atoms with Crippen molar-refractivity contribution in [1.29, 1.82) is 0 Å². The van der Waals surface area contributed by atoms with Crippen LogP contribution < -0.4 is 4.90 Å². The second-order valence-corrected chi connectivity index (χ2v) is 4.50. The first-order valence-electron chi connectivity index (χ1n) is 6.40. The maximum atomic E-state index is 10.9. The summed E-state index contributed by atoms with van der Waals surface area (Å²) in [5.74, 6) is -0.874. The van der Waals surface area contributed by atoms with Crippen LogP contribution in [0.15, 0.2) is 24.3 Å². The van der Waals surface area contributed by atoms with Gasteiger partial charge in [-0.3, -0.25) is 0 Å². The van der Waals surface area contributed by atoms with Gasteiger partial charge in [-0.15, -0.1) is 0 Å². The van der Waals surface area contributed by atoms with E-state index in [4.69, 9.17) is 9.84 Å². The molecule has 0 atom stereocenters. The number of benzene rings is 1. The monoisotopic (exact) mass is 249 g/mol. The van der Waals surface area contributed by atoms with Crippen LogP contribution in [-0.2, 0) is 4.74 Å². The Morgan fingerprint density at radius 3 is 2.78 bits per heavy atom. The summed E-state index contributed by atoms with van der Waals surface area (Å²) in [7, 11) is 0. The predicted molar refractivity (Wildman–Crippen MR) is 70.3 cm³/mol. The number of rotatable bonds is 4. The summed E-state index contributed by atoms with van der Waals surface area (Å²) >= 11 is 0. The van der Waals surface area contributed by atoms with Crippen LogP contribution in [0, 0.1) is 0 Å². The number of ether oxygens (including phenoxy) is 1. The minimum atomic E-state index is -0.874. The quantitative estimate of drug-likeness (QED) is 0.890. The predicted octanol–water partition coefficient (Wildman–Crippen LogP) is 2.39. The average Bonchev–Trinajstić information content (AvgIpc) is 2.40. The Morgan fingerprint density at radius 1 is 1.44 bits per heavy atom. The minimum absolute atomic E-state index is 0.347. The van der Waals surface area contributed by atoms with Crippen LogP contribution in [0.1, 0.15) is 30.1 Å². The molecule has 0 saturated carbocycles. The molecule has 2 rings (SSSR count). The summed E-state index contributed by atoms with van der Waals surface area (Å²) in [6.07, 6.45) is 2.37. The maximum absolute atomic E-state index is 10.9. The van der Waals surface area contributed by atoms with Crippen LogP contribution >= 0.6 is 0 Å². The third-order valence-electron chi connectivity index (χ3n) is 3.30. The van der Waals surface area contributed by atoms with Crippen LogP contribution in [-0.4, -0.2) is 36.9 Å². The van der Waals surface area contributed by atoms with Crippen LogP contribution in [0.3, 0.4) is 0 Å². The van der Waals surface area contributed by atoms with Crippen molar-refractivity contribution >= 4 is 11.7 Å². The first-order chi connectivity index (χ1) is 8.70. The van der Waals surface area contributed by atoms with Crippen molar-refractivity contribution in [3.8, 4) is 0 Å². The lowest BCUT2D eigenvalue weighted by Crippen LogP contribution is -2.37. The van der Waals surface area contributed by atoms with Crippen molar-refractivity contribution in [1.82, 2.24) is 0 Å². The number of carboxylic acids is 1. The molecule has 1 aliphatic rings. The Hall–Kier alpha value is -1.55. The second-order valence-electron chi connectivity index (χ2n) is 4.50. The lowest BCUT2D eigenvalue weighted by atomic mass is 10.1.